The number of halogens is 1. The lowest BCUT2D eigenvalue weighted by Gasteiger charge is -2.32. The monoisotopic (exact) mass is 340 g/mol. The van der Waals surface area contributed by atoms with Crippen molar-refractivity contribution in [1.29, 1.82) is 0 Å². The zero-order valence-corrected chi connectivity index (χ0v) is 15.1. The summed E-state index contributed by atoms with van der Waals surface area (Å²) in [4.78, 5) is 14.6. The molecule has 2 aromatic rings. The maximum atomic E-state index is 13.2. The Labute approximate surface area is 148 Å². The molecule has 1 aliphatic heterocycles. The van der Waals surface area contributed by atoms with Gasteiger partial charge in [0.25, 0.3) is 0 Å². The fourth-order valence-electron chi connectivity index (χ4n) is 3.46. The van der Waals surface area contributed by atoms with Crippen LogP contribution in [0.3, 0.4) is 0 Å². The maximum Gasteiger partial charge on any atom is 0.240 e. The van der Waals surface area contributed by atoms with Crippen molar-refractivity contribution in [3.8, 4) is 0 Å². The molecule has 0 spiro atoms. The van der Waals surface area contributed by atoms with Crippen LogP contribution < -0.4 is 10.2 Å². The van der Waals surface area contributed by atoms with E-state index in [9.17, 15) is 9.18 Å². The smallest absolute Gasteiger partial charge is 0.240 e. The Morgan fingerprint density at radius 2 is 1.84 bits per heavy atom. The Bertz CT molecular complexity index is 749. The molecule has 1 unspecified atom stereocenters. The van der Waals surface area contributed by atoms with Gasteiger partial charge in [0.1, 0.15) is 5.82 Å². The van der Waals surface area contributed by atoms with Gasteiger partial charge in [-0.1, -0.05) is 51.1 Å². The van der Waals surface area contributed by atoms with Crippen LogP contribution in [0, 0.1) is 11.2 Å². The number of amides is 1. The van der Waals surface area contributed by atoms with Gasteiger partial charge >= 0.3 is 0 Å². The zero-order valence-electron chi connectivity index (χ0n) is 15.1. The summed E-state index contributed by atoms with van der Waals surface area (Å²) in [5.41, 5.74) is 3.13. The van der Waals surface area contributed by atoms with E-state index in [1.54, 1.807) is 12.1 Å². The number of carbonyl (C=O) groups excluding carboxylic acids is 1. The van der Waals surface area contributed by atoms with Crippen LogP contribution in [0.2, 0.25) is 0 Å². The molecule has 3 nitrogen and oxygen atoms in total. The Balaban J connectivity index is 1.71. The molecule has 3 rings (SSSR count). The van der Waals surface area contributed by atoms with Crippen molar-refractivity contribution >= 4 is 11.6 Å². The second kappa shape index (κ2) is 6.96. The molecule has 1 N–H and O–H groups in total. The Kier molecular flexibility index (Phi) is 4.91. The first-order valence-corrected chi connectivity index (χ1v) is 8.73. The molecule has 2 aromatic carbocycles. The number of fused-ring (bicyclic) bond motifs is 1. The first kappa shape index (κ1) is 17.6. The molecule has 0 radical (unpaired) electrons. The van der Waals surface area contributed by atoms with Crippen LogP contribution in [0.5, 0.6) is 0 Å². The molecular weight excluding hydrogens is 315 g/mol. The van der Waals surface area contributed by atoms with E-state index in [4.69, 9.17) is 0 Å². The number of carbonyl (C=O) groups is 1. The molecule has 132 valence electrons. The topological polar surface area (TPSA) is 32.3 Å². The molecule has 1 atom stereocenters. The number of nitrogens with zero attached hydrogens (tertiary/aromatic N) is 1. The average molecular weight is 340 g/mol. The predicted octanol–water partition coefficient (Wildman–Crippen LogP) is 4.09. The minimum absolute atomic E-state index is 0.0325. The molecule has 0 saturated heterocycles. The van der Waals surface area contributed by atoms with Gasteiger partial charge in [0.15, 0.2) is 0 Å². The zero-order chi connectivity index (χ0) is 18.0. The van der Waals surface area contributed by atoms with Crippen molar-refractivity contribution in [1.82, 2.24) is 5.32 Å². The van der Waals surface area contributed by atoms with Crippen molar-refractivity contribution in [2.45, 2.75) is 33.2 Å². The van der Waals surface area contributed by atoms with Crippen LogP contribution in [-0.4, -0.2) is 19.0 Å². The van der Waals surface area contributed by atoms with Gasteiger partial charge in [-0.3, -0.25) is 4.79 Å². The van der Waals surface area contributed by atoms with Gasteiger partial charge in [-0.05, 0) is 41.2 Å². The van der Waals surface area contributed by atoms with Crippen molar-refractivity contribution in [3.05, 3.63) is 65.5 Å². The lowest BCUT2D eigenvalue weighted by molar-refractivity contribution is -0.117. The number of rotatable bonds is 4. The highest BCUT2D eigenvalue weighted by atomic mass is 19.1. The highest BCUT2D eigenvalue weighted by Crippen LogP contribution is 2.33. The summed E-state index contributed by atoms with van der Waals surface area (Å²) in [6, 6.07) is 14.5. The number of hydrogen-bond donors (Lipinski definition) is 1. The van der Waals surface area contributed by atoms with Crippen LogP contribution in [0.15, 0.2) is 48.5 Å². The second-order valence-electron chi connectivity index (χ2n) is 7.66. The van der Waals surface area contributed by atoms with Gasteiger partial charge in [0.2, 0.25) is 5.91 Å². The summed E-state index contributed by atoms with van der Waals surface area (Å²) < 4.78 is 13.2. The minimum Gasteiger partial charge on any atom is -0.311 e. The van der Waals surface area contributed by atoms with Crippen molar-refractivity contribution < 1.29 is 9.18 Å². The highest BCUT2D eigenvalue weighted by molar-refractivity contribution is 5.96. The molecule has 0 fully saturated rings. The van der Waals surface area contributed by atoms with Crippen LogP contribution in [-0.2, 0) is 11.2 Å². The first-order chi connectivity index (χ1) is 11.9. The van der Waals surface area contributed by atoms with Gasteiger partial charge in [0, 0.05) is 18.3 Å². The molecule has 0 aliphatic carbocycles. The van der Waals surface area contributed by atoms with E-state index >= 15 is 0 Å². The van der Waals surface area contributed by atoms with E-state index in [1.165, 1.54) is 17.7 Å². The summed E-state index contributed by atoms with van der Waals surface area (Å²) >= 11 is 0. The molecule has 1 aliphatic rings. The quantitative estimate of drug-likeness (QED) is 0.909. The number of para-hydroxylation sites is 1. The van der Waals surface area contributed by atoms with E-state index in [1.807, 2.05) is 23.1 Å². The summed E-state index contributed by atoms with van der Waals surface area (Å²) in [5, 5.41) is 3.39. The molecule has 25 heavy (non-hydrogen) atoms. The Hall–Kier alpha value is -2.20. The van der Waals surface area contributed by atoms with Crippen LogP contribution in [0.1, 0.15) is 37.9 Å². The highest BCUT2D eigenvalue weighted by Gasteiger charge is 2.29. The van der Waals surface area contributed by atoms with Gasteiger partial charge in [0.05, 0.1) is 6.54 Å². The summed E-state index contributed by atoms with van der Waals surface area (Å²) in [5.74, 6) is -0.178. The molecule has 0 aromatic heterocycles. The fraction of sp³-hybridized carbons (Fsp3) is 0.381. The molecule has 1 heterocycles. The molecule has 0 bridgehead atoms. The number of hydrogen-bond acceptors (Lipinski definition) is 2. The molecular formula is C21H25FN2O. The first-order valence-electron chi connectivity index (χ1n) is 8.73. The van der Waals surface area contributed by atoms with Crippen molar-refractivity contribution in [2.75, 3.05) is 18.0 Å². The third-order valence-electron chi connectivity index (χ3n) is 4.71. The summed E-state index contributed by atoms with van der Waals surface area (Å²) in [6.45, 7) is 7.33. The van der Waals surface area contributed by atoms with Gasteiger partial charge < -0.3 is 10.2 Å². The summed E-state index contributed by atoms with van der Waals surface area (Å²) in [7, 11) is 0. The fourth-order valence-corrected chi connectivity index (χ4v) is 3.46. The number of anilines is 1. The number of nitrogens with one attached hydrogen (secondary N) is 1. The maximum absolute atomic E-state index is 13.2. The SMILES string of the molecule is CC(C)(C)C(NCC(=O)N1CCc2ccccc21)c1ccc(F)cc1. The van der Waals surface area contributed by atoms with Crippen LogP contribution in [0.25, 0.3) is 0 Å². The van der Waals surface area contributed by atoms with E-state index in [2.05, 4.69) is 32.2 Å². The lowest BCUT2D eigenvalue weighted by Crippen LogP contribution is -2.41. The lowest BCUT2D eigenvalue weighted by atomic mass is 9.82. The largest absolute Gasteiger partial charge is 0.311 e. The van der Waals surface area contributed by atoms with Crippen LogP contribution >= 0.6 is 0 Å². The van der Waals surface area contributed by atoms with Crippen LogP contribution in [0.4, 0.5) is 10.1 Å². The van der Waals surface area contributed by atoms with E-state index in [0.717, 1.165) is 24.2 Å². The van der Waals surface area contributed by atoms with E-state index in [0.29, 0.717) is 0 Å². The van der Waals surface area contributed by atoms with Crippen molar-refractivity contribution in [2.24, 2.45) is 5.41 Å². The minimum atomic E-state index is -0.249. The number of benzene rings is 2. The average Bonchev–Trinajstić information content (AvgIpc) is 2.99. The molecule has 1 amide bonds. The Morgan fingerprint density at radius 1 is 1.16 bits per heavy atom. The van der Waals surface area contributed by atoms with Gasteiger partial charge in [-0.15, -0.1) is 0 Å². The third kappa shape index (κ3) is 3.90. The normalized spacial score (nSPS) is 15.1. The third-order valence-corrected chi connectivity index (χ3v) is 4.71. The van der Waals surface area contributed by atoms with Gasteiger partial charge in [-0.2, -0.15) is 0 Å². The Morgan fingerprint density at radius 3 is 2.52 bits per heavy atom. The molecule has 0 saturated carbocycles. The standard InChI is InChI=1S/C21H25FN2O/c1-21(2,3)20(16-8-10-17(22)11-9-16)23-14-19(25)24-13-12-15-6-4-5-7-18(15)24/h4-11,20,23H,12-14H2,1-3H3. The van der Waals surface area contributed by atoms with E-state index in [-0.39, 0.29) is 29.7 Å². The van der Waals surface area contributed by atoms with Gasteiger partial charge in [-0.25, -0.2) is 4.39 Å². The predicted molar refractivity (Wildman–Crippen MR) is 99.1 cm³/mol. The van der Waals surface area contributed by atoms with Crippen molar-refractivity contribution in [3.63, 3.8) is 0 Å². The second-order valence-corrected chi connectivity index (χ2v) is 7.66. The summed E-state index contributed by atoms with van der Waals surface area (Å²) in [6.07, 6.45) is 0.905. The van der Waals surface area contributed by atoms with E-state index < -0.39 is 0 Å². The molecule has 4 heteroatoms.